The Morgan fingerprint density at radius 2 is 1.92 bits per heavy atom. The van der Waals surface area contributed by atoms with Gasteiger partial charge in [0.05, 0.1) is 12.2 Å². The van der Waals surface area contributed by atoms with E-state index in [1.165, 1.54) is 0 Å². The number of carbonyl (C=O) groups is 2. The fraction of sp³-hybridized carbons (Fsp3) is 0.529. The number of hydrogen-bond donors (Lipinski definition) is 0. The zero-order valence-corrected chi connectivity index (χ0v) is 14.8. The highest BCUT2D eigenvalue weighted by atomic mass is 35.5. The van der Waals surface area contributed by atoms with E-state index in [9.17, 15) is 9.59 Å². The predicted octanol–water partition coefficient (Wildman–Crippen LogP) is 2.21. The van der Waals surface area contributed by atoms with Crippen LogP contribution in [-0.2, 0) is 19.1 Å². The lowest BCUT2D eigenvalue weighted by Crippen LogP contribution is -2.49. The maximum absolute atomic E-state index is 12.1. The summed E-state index contributed by atoms with van der Waals surface area (Å²) in [6, 6.07) is 5.11. The molecule has 1 aromatic carbocycles. The van der Waals surface area contributed by atoms with Gasteiger partial charge in [-0.3, -0.25) is 4.79 Å². The number of nitrogens with zero attached hydrogens (tertiary/aromatic N) is 1. The molecule has 0 saturated carbocycles. The van der Waals surface area contributed by atoms with E-state index >= 15 is 0 Å². The number of morpholine rings is 1. The van der Waals surface area contributed by atoms with Gasteiger partial charge in [0.1, 0.15) is 5.75 Å². The third-order valence-corrected chi connectivity index (χ3v) is 3.85. The predicted molar refractivity (Wildman–Crippen MR) is 89.2 cm³/mol. The van der Waals surface area contributed by atoms with Crippen LogP contribution in [0.5, 0.6) is 5.75 Å². The van der Waals surface area contributed by atoms with Crippen molar-refractivity contribution in [2.75, 3.05) is 26.3 Å². The lowest BCUT2D eigenvalue weighted by Gasteiger charge is -2.35. The standard InChI is InChI=1S/C17H22ClNO5/c1-11-6-14(18)4-5-15(11)22-10-17(21)23-9-16(20)19-7-12(2)24-13(3)8-19/h4-6,12-13H,7-10H2,1-3H3. The second kappa shape index (κ2) is 8.35. The average Bonchev–Trinajstić information content (AvgIpc) is 2.50. The van der Waals surface area contributed by atoms with Crippen LogP contribution in [0.25, 0.3) is 0 Å². The van der Waals surface area contributed by atoms with Crippen molar-refractivity contribution in [3.05, 3.63) is 28.8 Å². The van der Waals surface area contributed by atoms with E-state index in [2.05, 4.69) is 0 Å². The number of rotatable bonds is 5. The summed E-state index contributed by atoms with van der Waals surface area (Å²) in [5.74, 6) is -0.265. The zero-order chi connectivity index (χ0) is 17.7. The molecule has 1 amide bonds. The van der Waals surface area contributed by atoms with Crippen molar-refractivity contribution in [1.29, 1.82) is 0 Å². The van der Waals surface area contributed by atoms with Gasteiger partial charge in [-0.05, 0) is 44.5 Å². The summed E-state index contributed by atoms with van der Waals surface area (Å²) in [5, 5.41) is 0.599. The normalized spacial score (nSPS) is 20.6. The lowest BCUT2D eigenvalue weighted by molar-refractivity contribution is -0.158. The van der Waals surface area contributed by atoms with Crippen LogP contribution in [0.3, 0.4) is 0 Å². The highest BCUT2D eigenvalue weighted by molar-refractivity contribution is 6.30. The molecule has 0 aromatic heterocycles. The summed E-state index contributed by atoms with van der Waals surface area (Å²) in [4.78, 5) is 25.5. The van der Waals surface area contributed by atoms with Gasteiger partial charge >= 0.3 is 5.97 Å². The van der Waals surface area contributed by atoms with Crippen LogP contribution in [0.4, 0.5) is 0 Å². The average molecular weight is 356 g/mol. The van der Waals surface area contributed by atoms with Gasteiger partial charge in [0, 0.05) is 18.1 Å². The van der Waals surface area contributed by atoms with Crippen molar-refractivity contribution in [2.45, 2.75) is 33.0 Å². The van der Waals surface area contributed by atoms with E-state index in [0.29, 0.717) is 23.9 Å². The molecule has 6 nitrogen and oxygen atoms in total. The summed E-state index contributed by atoms with van der Waals surface area (Å²) in [5.41, 5.74) is 0.822. The molecule has 1 aromatic rings. The smallest absolute Gasteiger partial charge is 0.344 e. The molecule has 0 bridgehead atoms. The molecule has 1 heterocycles. The SMILES string of the molecule is Cc1cc(Cl)ccc1OCC(=O)OCC(=O)N1CC(C)OC(C)C1. The molecular weight excluding hydrogens is 334 g/mol. The first-order valence-corrected chi connectivity index (χ1v) is 8.20. The van der Waals surface area contributed by atoms with E-state index < -0.39 is 5.97 Å². The Labute approximate surface area is 146 Å². The van der Waals surface area contributed by atoms with Crippen LogP contribution in [0.15, 0.2) is 18.2 Å². The van der Waals surface area contributed by atoms with E-state index in [1.54, 1.807) is 23.1 Å². The molecule has 0 spiro atoms. The minimum atomic E-state index is -0.591. The highest BCUT2D eigenvalue weighted by Gasteiger charge is 2.26. The first kappa shape index (κ1) is 18.5. The second-order valence-corrected chi connectivity index (χ2v) is 6.35. The Kier molecular flexibility index (Phi) is 6.45. The molecule has 2 unspecified atom stereocenters. The summed E-state index contributed by atoms with van der Waals surface area (Å²) in [6.07, 6.45) is -0.0470. The van der Waals surface area contributed by atoms with Crippen molar-refractivity contribution >= 4 is 23.5 Å². The molecule has 1 fully saturated rings. The van der Waals surface area contributed by atoms with Gasteiger partial charge in [0.2, 0.25) is 0 Å². The van der Waals surface area contributed by atoms with E-state index in [1.807, 2.05) is 20.8 Å². The fourth-order valence-corrected chi connectivity index (χ4v) is 2.79. The van der Waals surface area contributed by atoms with Gasteiger partial charge in [-0.1, -0.05) is 11.6 Å². The van der Waals surface area contributed by atoms with E-state index in [0.717, 1.165) is 5.56 Å². The summed E-state index contributed by atoms with van der Waals surface area (Å²) in [6.45, 7) is 6.10. The molecule has 2 rings (SSSR count). The molecule has 132 valence electrons. The van der Waals surface area contributed by atoms with Crippen LogP contribution in [0.1, 0.15) is 19.4 Å². The van der Waals surface area contributed by atoms with Gasteiger partial charge < -0.3 is 19.1 Å². The summed E-state index contributed by atoms with van der Waals surface area (Å²) < 4.78 is 15.9. The first-order valence-electron chi connectivity index (χ1n) is 7.83. The van der Waals surface area contributed by atoms with Crippen LogP contribution in [-0.4, -0.2) is 55.3 Å². The Balaban J connectivity index is 1.75. The molecule has 0 radical (unpaired) electrons. The number of halogens is 1. The first-order chi connectivity index (χ1) is 11.3. The molecule has 1 saturated heterocycles. The Bertz CT molecular complexity index is 597. The molecule has 1 aliphatic heterocycles. The highest BCUT2D eigenvalue weighted by Crippen LogP contribution is 2.21. The fourth-order valence-electron chi connectivity index (χ4n) is 2.57. The quantitative estimate of drug-likeness (QED) is 0.758. The van der Waals surface area contributed by atoms with Crippen molar-refractivity contribution in [3.63, 3.8) is 0 Å². The molecule has 1 aliphatic rings. The second-order valence-electron chi connectivity index (χ2n) is 5.92. The number of esters is 1. The number of amides is 1. The van der Waals surface area contributed by atoms with Crippen molar-refractivity contribution < 1.29 is 23.8 Å². The number of aryl methyl sites for hydroxylation is 1. The van der Waals surface area contributed by atoms with Gasteiger partial charge in [-0.2, -0.15) is 0 Å². The number of carbonyl (C=O) groups excluding carboxylic acids is 2. The van der Waals surface area contributed by atoms with Crippen LogP contribution in [0.2, 0.25) is 5.02 Å². The third-order valence-electron chi connectivity index (χ3n) is 3.61. The Hall–Kier alpha value is -1.79. The van der Waals surface area contributed by atoms with Gasteiger partial charge in [-0.15, -0.1) is 0 Å². The monoisotopic (exact) mass is 355 g/mol. The number of benzene rings is 1. The van der Waals surface area contributed by atoms with Gasteiger partial charge in [-0.25, -0.2) is 4.79 Å². The van der Waals surface area contributed by atoms with Gasteiger partial charge in [0.15, 0.2) is 13.2 Å². The molecular formula is C17H22ClNO5. The molecule has 0 aliphatic carbocycles. The van der Waals surface area contributed by atoms with Gasteiger partial charge in [0.25, 0.3) is 5.91 Å². The van der Waals surface area contributed by atoms with Crippen molar-refractivity contribution in [1.82, 2.24) is 4.90 Å². The molecule has 24 heavy (non-hydrogen) atoms. The number of hydrogen-bond acceptors (Lipinski definition) is 5. The number of ether oxygens (including phenoxy) is 3. The topological polar surface area (TPSA) is 65.1 Å². The maximum atomic E-state index is 12.1. The van der Waals surface area contributed by atoms with Crippen LogP contribution in [0, 0.1) is 6.92 Å². The third kappa shape index (κ3) is 5.39. The lowest BCUT2D eigenvalue weighted by atomic mass is 10.2. The minimum absolute atomic E-state index is 0.0235. The molecule has 0 N–H and O–H groups in total. The maximum Gasteiger partial charge on any atom is 0.344 e. The summed E-state index contributed by atoms with van der Waals surface area (Å²) >= 11 is 5.86. The van der Waals surface area contributed by atoms with Crippen LogP contribution < -0.4 is 4.74 Å². The largest absolute Gasteiger partial charge is 0.482 e. The van der Waals surface area contributed by atoms with Crippen LogP contribution >= 0.6 is 11.6 Å². The zero-order valence-electron chi connectivity index (χ0n) is 14.1. The van der Waals surface area contributed by atoms with E-state index in [-0.39, 0.29) is 31.3 Å². The van der Waals surface area contributed by atoms with Crippen molar-refractivity contribution in [2.24, 2.45) is 0 Å². The molecule has 2 atom stereocenters. The Morgan fingerprint density at radius 1 is 1.25 bits per heavy atom. The Morgan fingerprint density at radius 3 is 2.54 bits per heavy atom. The summed E-state index contributed by atoms with van der Waals surface area (Å²) in [7, 11) is 0. The van der Waals surface area contributed by atoms with E-state index in [4.69, 9.17) is 25.8 Å². The van der Waals surface area contributed by atoms with Crippen molar-refractivity contribution in [3.8, 4) is 5.75 Å². The minimum Gasteiger partial charge on any atom is -0.482 e. The molecule has 7 heteroatoms.